The minimum absolute atomic E-state index is 0.165. The van der Waals surface area contributed by atoms with Gasteiger partial charge in [0.05, 0.1) is 29.4 Å². The number of hydrogen-bond donors (Lipinski definition) is 2. The first-order valence-corrected chi connectivity index (χ1v) is 12.0. The number of nitrogens with two attached hydrogens (primary N) is 1. The van der Waals surface area contributed by atoms with E-state index < -0.39 is 43.1 Å². The van der Waals surface area contributed by atoms with E-state index in [1.165, 1.54) is 28.6 Å². The van der Waals surface area contributed by atoms with Gasteiger partial charge in [-0.3, -0.25) is 4.79 Å². The molecule has 0 saturated carbocycles. The summed E-state index contributed by atoms with van der Waals surface area (Å²) in [5.41, 5.74) is 0.0857. The Labute approximate surface area is 173 Å². The summed E-state index contributed by atoms with van der Waals surface area (Å²) in [5.74, 6) is -2.20. The lowest BCUT2D eigenvalue weighted by atomic mass is 10.1. The third-order valence-electron chi connectivity index (χ3n) is 4.34. The molecule has 1 fully saturated rings. The van der Waals surface area contributed by atoms with Gasteiger partial charge in [0.2, 0.25) is 20.0 Å². The maximum atomic E-state index is 14.3. The van der Waals surface area contributed by atoms with Gasteiger partial charge >= 0.3 is 0 Å². The molecule has 0 spiro atoms. The first kappa shape index (κ1) is 22.3. The summed E-state index contributed by atoms with van der Waals surface area (Å²) in [7, 11) is -7.68. The number of benzene rings is 2. The van der Waals surface area contributed by atoms with Crippen molar-refractivity contribution in [1.82, 2.24) is 4.31 Å². The van der Waals surface area contributed by atoms with Crippen LogP contribution < -0.4 is 10.5 Å². The van der Waals surface area contributed by atoms with Gasteiger partial charge < -0.3 is 10.1 Å². The van der Waals surface area contributed by atoms with Gasteiger partial charge in [0, 0.05) is 18.8 Å². The molecule has 0 radical (unpaired) electrons. The summed E-state index contributed by atoms with van der Waals surface area (Å²) >= 11 is 0. The van der Waals surface area contributed by atoms with Gasteiger partial charge in [-0.2, -0.15) is 4.31 Å². The van der Waals surface area contributed by atoms with E-state index in [0.29, 0.717) is 5.56 Å². The first-order valence-electron chi connectivity index (χ1n) is 8.84. The molecule has 0 aromatic heterocycles. The Morgan fingerprint density at radius 1 is 1.10 bits per heavy atom. The van der Waals surface area contributed by atoms with Crippen molar-refractivity contribution in [3.63, 3.8) is 0 Å². The van der Waals surface area contributed by atoms with Crippen LogP contribution >= 0.6 is 0 Å². The lowest BCUT2D eigenvalue weighted by Crippen LogP contribution is -2.40. The third-order valence-corrected chi connectivity index (χ3v) is 6.97. The summed E-state index contributed by atoms with van der Waals surface area (Å²) in [5, 5.41) is 7.46. The van der Waals surface area contributed by atoms with Crippen LogP contribution in [0.15, 0.2) is 47.4 Å². The van der Waals surface area contributed by atoms with E-state index in [2.05, 4.69) is 5.32 Å². The van der Waals surface area contributed by atoms with Crippen LogP contribution in [0.2, 0.25) is 0 Å². The van der Waals surface area contributed by atoms with E-state index in [0.717, 1.165) is 18.2 Å². The normalized spacial score (nSPS) is 15.7. The zero-order valence-corrected chi connectivity index (χ0v) is 17.4. The summed E-state index contributed by atoms with van der Waals surface area (Å²) in [6.45, 7) is 0.835. The van der Waals surface area contributed by atoms with Gasteiger partial charge in [0.1, 0.15) is 5.82 Å². The lowest BCUT2D eigenvalue weighted by molar-refractivity contribution is 0.0730. The quantitative estimate of drug-likeness (QED) is 0.661. The number of hydrogen-bond acceptors (Lipinski definition) is 6. The average molecular weight is 458 g/mol. The van der Waals surface area contributed by atoms with Gasteiger partial charge in [0.25, 0.3) is 5.91 Å². The van der Waals surface area contributed by atoms with Crippen LogP contribution in [0.4, 0.5) is 10.1 Å². The van der Waals surface area contributed by atoms with Crippen LogP contribution in [0, 0.1) is 5.82 Å². The molecule has 0 bridgehead atoms. The predicted octanol–water partition coefficient (Wildman–Crippen LogP) is 0.887. The third kappa shape index (κ3) is 5.40. The molecule has 9 nitrogen and oxygen atoms in total. The van der Waals surface area contributed by atoms with Crippen molar-refractivity contribution in [2.75, 3.05) is 31.6 Å². The largest absolute Gasteiger partial charge is 0.379 e. The molecule has 2 aromatic carbocycles. The van der Waals surface area contributed by atoms with Crippen molar-refractivity contribution in [2.45, 2.75) is 10.6 Å². The minimum atomic E-state index is -3.91. The molecule has 12 heteroatoms. The van der Waals surface area contributed by atoms with Crippen molar-refractivity contribution >= 4 is 31.6 Å². The number of sulfonamides is 2. The zero-order valence-electron chi connectivity index (χ0n) is 15.7. The van der Waals surface area contributed by atoms with Crippen LogP contribution in [0.3, 0.4) is 0 Å². The van der Waals surface area contributed by atoms with E-state index in [-0.39, 0.29) is 36.9 Å². The number of rotatable bonds is 6. The van der Waals surface area contributed by atoms with E-state index in [1.807, 2.05) is 0 Å². The highest BCUT2D eigenvalue weighted by Crippen LogP contribution is 2.21. The molecular formula is C18H20FN3O6S2. The van der Waals surface area contributed by atoms with Crippen LogP contribution in [0.1, 0.15) is 15.9 Å². The van der Waals surface area contributed by atoms with Gasteiger partial charge in [0.15, 0.2) is 0 Å². The fourth-order valence-corrected chi connectivity index (χ4v) is 5.02. The second-order valence-electron chi connectivity index (χ2n) is 6.62. The number of carbonyl (C=O) groups excluding carboxylic acids is 1. The van der Waals surface area contributed by atoms with E-state index in [4.69, 9.17) is 9.88 Å². The average Bonchev–Trinajstić information content (AvgIpc) is 2.67. The zero-order chi connectivity index (χ0) is 21.9. The Hall–Kier alpha value is -2.38. The Bertz CT molecular complexity index is 1160. The van der Waals surface area contributed by atoms with Gasteiger partial charge in [-0.15, -0.1) is 0 Å². The molecule has 1 heterocycles. The number of nitrogens with zero attached hydrogens (tertiary/aromatic N) is 1. The summed E-state index contributed by atoms with van der Waals surface area (Å²) < 4.78 is 68.6. The van der Waals surface area contributed by atoms with E-state index in [9.17, 15) is 26.0 Å². The van der Waals surface area contributed by atoms with Crippen LogP contribution in [0.5, 0.6) is 0 Å². The number of amides is 1. The predicted molar refractivity (Wildman–Crippen MR) is 107 cm³/mol. The second-order valence-corrected chi connectivity index (χ2v) is 10.2. The Morgan fingerprint density at radius 3 is 2.47 bits per heavy atom. The van der Waals surface area contributed by atoms with E-state index in [1.54, 1.807) is 0 Å². The summed E-state index contributed by atoms with van der Waals surface area (Å²) in [6, 6.07) is 8.88. The maximum Gasteiger partial charge on any atom is 0.258 e. The van der Waals surface area contributed by atoms with Crippen molar-refractivity contribution in [2.24, 2.45) is 5.14 Å². The van der Waals surface area contributed by atoms with E-state index >= 15 is 0 Å². The molecule has 3 N–H and O–H groups in total. The molecule has 1 aliphatic rings. The van der Waals surface area contributed by atoms with Crippen LogP contribution in [-0.4, -0.2) is 53.4 Å². The molecule has 162 valence electrons. The smallest absolute Gasteiger partial charge is 0.258 e. The molecular weight excluding hydrogens is 437 g/mol. The monoisotopic (exact) mass is 457 g/mol. The molecule has 1 saturated heterocycles. The van der Waals surface area contributed by atoms with Crippen LogP contribution in [-0.2, 0) is 30.5 Å². The highest BCUT2D eigenvalue weighted by molar-refractivity contribution is 7.89. The number of ether oxygens (including phenoxy) is 1. The molecule has 0 unspecified atom stereocenters. The Balaban J connectivity index is 1.85. The van der Waals surface area contributed by atoms with Crippen molar-refractivity contribution in [3.8, 4) is 0 Å². The fraction of sp³-hybridized carbons (Fsp3) is 0.278. The SMILES string of the molecule is NS(=O)(=O)Cc1cccc(NC(=O)c2cc(S(=O)(=O)N3CCOCC3)ccc2F)c1. The fourth-order valence-electron chi connectivity index (χ4n) is 2.94. The number of halogens is 1. The molecule has 1 amide bonds. The molecule has 30 heavy (non-hydrogen) atoms. The topological polar surface area (TPSA) is 136 Å². The summed E-state index contributed by atoms with van der Waals surface area (Å²) in [6.07, 6.45) is 0. The Morgan fingerprint density at radius 2 is 1.80 bits per heavy atom. The first-order chi connectivity index (χ1) is 14.1. The van der Waals surface area contributed by atoms with Crippen molar-refractivity contribution in [1.29, 1.82) is 0 Å². The second kappa shape index (κ2) is 8.78. The highest BCUT2D eigenvalue weighted by Gasteiger charge is 2.28. The van der Waals surface area contributed by atoms with Gasteiger partial charge in [-0.25, -0.2) is 26.4 Å². The molecule has 1 aliphatic heterocycles. The minimum Gasteiger partial charge on any atom is -0.379 e. The Kier molecular flexibility index (Phi) is 6.53. The number of nitrogens with one attached hydrogen (secondary N) is 1. The number of primary sulfonamides is 1. The molecule has 0 aliphatic carbocycles. The number of carbonyl (C=O) groups is 1. The van der Waals surface area contributed by atoms with Crippen LogP contribution in [0.25, 0.3) is 0 Å². The van der Waals surface area contributed by atoms with Gasteiger partial charge in [-0.05, 0) is 35.9 Å². The number of anilines is 1. The standard InChI is InChI=1S/C18H20FN3O6S2/c19-17-5-4-15(30(26,27)22-6-8-28-9-7-22)11-16(17)18(23)21-14-3-1-2-13(10-14)12-29(20,24)25/h1-5,10-11H,6-9,12H2,(H,21,23)(H2,20,24,25). The lowest BCUT2D eigenvalue weighted by Gasteiger charge is -2.26. The highest BCUT2D eigenvalue weighted by atomic mass is 32.2. The molecule has 3 rings (SSSR count). The maximum absolute atomic E-state index is 14.3. The summed E-state index contributed by atoms with van der Waals surface area (Å²) in [4.78, 5) is 12.4. The number of morpholine rings is 1. The molecule has 0 atom stereocenters. The molecule has 2 aromatic rings. The van der Waals surface area contributed by atoms with Gasteiger partial charge in [-0.1, -0.05) is 12.1 Å². The van der Waals surface area contributed by atoms with Crippen molar-refractivity contribution < 1.29 is 30.8 Å². The van der Waals surface area contributed by atoms with Crippen molar-refractivity contribution in [3.05, 3.63) is 59.4 Å².